The lowest BCUT2D eigenvalue weighted by Crippen LogP contribution is -2.37. The minimum Gasteiger partial charge on any atom is -0.378 e. The quantitative estimate of drug-likeness (QED) is 0.255. The van der Waals surface area contributed by atoms with Crippen LogP contribution in [0.3, 0.4) is 0 Å². The number of anilines is 5. The smallest absolute Gasteiger partial charge is 0.259 e. The second-order valence-corrected chi connectivity index (χ2v) is 10.8. The molecule has 0 spiro atoms. The Morgan fingerprint density at radius 2 is 1.90 bits per heavy atom. The molecular weight excluding hydrogens is 523 g/mol. The molecular formula is C27H29FN6O4S. The Morgan fingerprint density at radius 3 is 2.62 bits per heavy atom. The van der Waals surface area contributed by atoms with Crippen molar-refractivity contribution in [3.05, 3.63) is 77.0 Å². The first-order valence-electron chi connectivity index (χ1n) is 12.6. The highest BCUT2D eigenvalue weighted by atomic mass is 32.2. The van der Waals surface area contributed by atoms with Crippen molar-refractivity contribution in [2.24, 2.45) is 5.14 Å². The Balaban J connectivity index is 1.45. The standard InChI is InChI=1S/C27H29FN6O4S/c1-2-38-19-10-13-34(14-11-19)22-8-7-18(16-20(22)28)31-26-25-17(9-12-30-27(25)35)15-24(33-26)32-21-5-3-4-6-23(21)39(29,36)37/h3-9,12,15-16,19H,2,10-11,13-14H2,1H3,(H,30,35)(H2,29,36,37)(H2,31,32,33). The van der Waals surface area contributed by atoms with Gasteiger partial charge in [-0.05, 0) is 67.6 Å². The second kappa shape index (κ2) is 11.0. The van der Waals surface area contributed by atoms with Crippen LogP contribution in [-0.2, 0) is 14.8 Å². The molecule has 10 nitrogen and oxygen atoms in total. The van der Waals surface area contributed by atoms with Gasteiger partial charge in [0.05, 0.1) is 22.9 Å². The van der Waals surface area contributed by atoms with E-state index in [0.717, 1.165) is 12.8 Å². The number of nitrogens with one attached hydrogen (secondary N) is 3. The van der Waals surface area contributed by atoms with Crippen LogP contribution < -0.4 is 26.2 Å². The van der Waals surface area contributed by atoms with Crippen LogP contribution >= 0.6 is 0 Å². The predicted octanol–water partition coefficient (Wildman–Crippen LogP) is 4.20. The summed E-state index contributed by atoms with van der Waals surface area (Å²) in [5.41, 5.74) is 0.750. The Bertz CT molecular complexity index is 1670. The van der Waals surface area contributed by atoms with Crippen LogP contribution in [0.4, 0.5) is 33.1 Å². The van der Waals surface area contributed by atoms with Gasteiger partial charge in [-0.25, -0.2) is 22.9 Å². The SMILES string of the molecule is CCOC1CCN(c2ccc(Nc3nc(Nc4ccccc4S(N)(=O)=O)cc4cc[nH]c(=O)c34)cc2F)CC1. The number of H-pyrrole nitrogens is 1. The molecule has 0 unspecified atom stereocenters. The molecule has 0 bridgehead atoms. The molecule has 0 radical (unpaired) electrons. The third-order valence-corrected chi connectivity index (χ3v) is 7.58. The van der Waals surface area contributed by atoms with Gasteiger partial charge in [0.1, 0.15) is 22.3 Å². The summed E-state index contributed by atoms with van der Waals surface area (Å²) in [5.74, 6) is 0.0417. The van der Waals surface area contributed by atoms with Crippen molar-refractivity contribution in [1.82, 2.24) is 9.97 Å². The number of nitrogens with two attached hydrogens (primary N) is 1. The fourth-order valence-electron chi connectivity index (χ4n) is 4.80. The van der Waals surface area contributed by atoms with Crippen molar-refractivity contribution in [3.8, 4) is 0 Å². The van der Waals surface area contributed by atoms with E-state index in [-0.39, 0.29) is 39.3 Å². The lowest BCUT2D eigenvalue weighted by atomic mass is 10.1. The number of rotatable bonds is 8. The third kappa shape index (κ3) is 5.87. The minimum absolute atomic E-state index is 0.102. The van der Waals surface area contributed by atoms with E-state index in [1.165, 1.54) is 18.3 Å². The van der Waals surface area contributed by atoms with Crippen LogP contribution in [-0.4, -0.2) is 44.2 Å². The molecule has 12 heteroatoms. The van der Waals surface area contributed by atoms with Crippen molar-refractivity contribution < 1.29 is 17.5 Å². The zero-order valence-corrected chi connectivity index (χ0v) is 22.1. The van der Waals surface area contributed by atoms with E-state index in [2.05, 4.69) is 20.6 Å². The van der Waals surface area contributed by atoms with Gasteiger partial charge in [-0.15, -0.1) is 0 Å². The Labute approximate surface area is 225 Å². The zero-order chi connectivity index (χ0) is 27.6. The van der Waals surface area contributed by atoms with Crippen LogP contribution in [0.5, 0.6) is 0 Å². The number of pyridine rings is 2. The van der Waals surface area contributed by atoms with Gasteiger partial charge < -0.3 is 25.3 Å². The largest absolute Gasteiger partial charge is 0.378 e. The first kappa shape index (κ1) is 26.6. The molecule has 204 valence electrons. The van der Waals surface area contributed by atoms with Gasteiger partial charge in [-0.2, -0.15) is 0 Å². The van der Waals surface area contributed by atoms with Crippen LogP contribution in [0.25, 0.3) is 10.8 Å². The maximum absolute atomic E-state index is 15.2. The number of aromatic nitrogens is 2. The molecule has 0 saturated carbocycles. The number of ether oxygens (including phenoxy) is 1. The number of para-hydroxylation sites is 1. The molecule has 1 fully saturated rings. The first-order chi connectivity index (χ1) is 18.7. The Morgan fingerprint density at radius 1 is 1.13 bits per heavy atom. The summed E-state index contributed by atoms with van der Waals surface area (Å²) in [5, 5.41) is 12.2. The van der Waals surface area contributed by atoms with E-state index in [4.69, 9.17) is 9.88 Å². The molecule has 0 amide bonds. The normalized spacial score (nSPS) is 14.5. The summed E-state index contributed by atoms with van der Waals surface area (Å²) in [7, 11) is -4.00. The average molecular weight is 553 g/mol. The highest BCUT2D eigenvalue weighted by Crippen LogP contribution is 2.31. The number of hydrogen-bond donors (Lipinski definition) is 4. The zero-order valence-electron chi connectivity index (χ0n) is 21.3. The summed E-state index contributed by atoms with van der Waals surface area (Å²) >= 11 is 0. The van der Waals surface area contributed by atoms with Crippen LogP contribution in [0.1, 0.15) is 19.8 Å². The van der Waals surface area contributed by atoms with Crippen molar-refractivity contribution in [2.75, 3.05) is 35.2 Å². The van der Waals surface area contributed by atoms with Gasteiger partial charge in [0.2, 0.25) is 10.0 Å². The van der Waals surface area contributed by atoms with E-state index in [1.54, 1.807) is 42.5 Å². The van der Waals surface area contributed by atoms with Gasteiger partial charge in [0.25, 0.3) is 5.56 Å². The van der Waals surface area contributed by atoms with Crippen molar-refractivity contribution in [1.29, 1.82) is 0 Å². The molecule has 1 aliphatic rings. The molecule has 5 N–H and O–H groups in total. The number of aromatic amines is 1. The third-order valence-electron chi connectivity index (χ3n) is 6.61. The van der Waals surface area contributed by atoms with Crippen molar-refractivity contribution in [2.45, 2.75) is 30.8 Å². The highest BCUT2D eigenvalue weighted by molar-refractivity contribution is 7.89. The number of primary sulfonamides is 1. The highest BCUT2D eigenvalue weighted by Gasteiger charge is 2.22. The van der Waals surface area contributed by atoms with E-state index in [9.17, 15) is 13.2 Å². The van der Waals surface area contributed by atoms with Gasteiger partial charge in [0.15, 0.2) is 0 Å². The maximum atomic E-state index is 15.2. The summed E-state index contributed by atoms with van der Waals surface area (Å²) in [6.07, 6.45) is 3.37. The van der Waals surface area contributed by atoms with E-state index in [0.29, 0.717) is 36.5 Å². The lowest BCUT2D eigenvalue weighted by molar-refractivity contribution is 0.0458. The number of benzene rings is 2. The first-order valence-corrected chi connectivity index (χ1v) is 14.1. The van der Waals surface area contributed by atoms with Crippen LogP contribution in [0, 0.1) is 5.82 Å². The fourth-order valence-corrected chi connectivity index (χ4v) is 5.50. The fraction of sp³-hybridized carbons (Fsp3) is 0.259. The van der Waals surface area contributed by atoms with E-state index < -0.39 is 15.8 Å². The molecule has 3 heterocycles. The molecule has 4 aromatic rings. The predicted molar refractivity (Wildman–Crippen MR) is 150 cm³/mol. The van der Waals surface area contributed by atoms with Crippen molar-refractivity contribution >= 4 is 49.5 Å². The topological polar surface area (TPSA) is 142 Å². The van der Waals surface area contributed by atoms with Gasteiger partial charge in [-0.3, -0.25) is 4.79 Å². The van der Waals surface area contributed by atoms with Crippen LogP contribution in [0.15, 0.2) is 70.5 Å². The molecule has 1 aliphatic heterocycles. The van der Waals surface area contributed by atoms with E-state index >= 15 is 4.39 Å². The van der Waals surface area contributed by atoms with Gasteiger partial charge in [-0.1, -0.05) is 12.1 Å². The Hall–Kier alpha value is -4.00. The van der Waals surface area contributed by atoms with Gasteiger partial charge >= 0.3 is 0 Å². The summed E-state index contributed by atoms with van der Waals surface area (Å²) in [4.78, 5) is 21.8. The maximum Gasteiger partial charge on any atom is 0.259 e. The molecule has 0 atom stereocenters. The number of halogens is 1. The lowest BCUT2D eigenvalue weighted by Gasteiger charge is -2.33. The number of fused-ring (bicyclic) bond motifs is 1. The number of nitrogens with zero attached hydrogens (tertiary/aromatic N) is 2. The monoisotopic (exact) mass is 552 g/mol. The van der Waals surface area contributed by atoms with Crippen molar-refractivity contribution in [3.63, 3.8) is 0 Å². The number of hydrogen-bond acceptors (Lipinski definition) is 8. The summed E-state index contributed by atoms with van der Waals surface area (Å²) in [6, 6.07) is 14.3. The molecule has 2 aromatic heterocycles. The molecule has 39 heavy (non-hydrogen) atoms. The Kier molecular flexibility index (Phi) is 7.51. The minimum atomic E-state index is -4.00. The summed E-state index contributed by atoms with van der Waals surface area (Å²) in [6.45, 7) is 4.03. The molecule has 1 saturated heterocycles. The van der Waals surface area contributed by atoms with Crippen LogP contribution in [0.2, 0.25) is 0 Å². The number of piperidine rings is 1. The average Bonchev–Trinajstić information content (AvgIpc) is 2.89. The summed E-state index contributed by atoms with van der Waals surface area (Å²) < 4.78 is 45.0. The molecule has 0 aliphatic carbocycles. The van der Waals surface area contributed by atoms with E-state index in [1.807, 2.05) is 11.8 Å². The number of sulfonamides is 1. The van der Waals surface area contributed by atoms with Gasteiger partial charge in [0, 0.05) is 31.6 Å². The second-order valence-electron chi connectivity index (χ2n) is 9.23. The molecule has 2 aromatic carbocycles. The molecule has 5 rings (SSSR count).